The van der Waals surface area contributed by atoms with Crippen LogP contribution in [0.5, 0.6) is 0 Å². The Bertz CT molecular complexity index is 2040. The number of carbonyl (C=O) groups excluding carboxylic acids is 3. The lowest BCUT2D eigenvalue weighted by Crippen LogP contribution is -2.30. The van der Waals surface area contributed by atoms with Crippen LogP contribution in [0.4, 0.5) is 10.7 Å². The van der Waals surface area contributed by atoms with Gasteiger partial charge in [-0.2, -0.15) is 5.26 Å². The summed E-state index contributed by atoms with van der Waals surface area (Å²) in [6.45, 7) is 2.21. The number of nitrogens with zero attached hydrogens (tertiary/aromatic N) is 2. The molecule has 3 aromatic carbocycles. The van der Waals surface area contributed by atoms with Gasteiger partial charge >= 0.3 is 0 Å². The maximum atomic E-state index is 14.0. The molecule has 3 amide bonds. The van der Waals surface area contributed by atoms with Gasteiger partial charge in [0.15, 0.2) is 0 Å². The number of nitriles is 1. The minimum absolute atomic E-state index is 0.0442. The first-order chi connectivity index (χ1) is 23.9. The minimum atomic E-state index is -0.636. The van der Waals surface area contributed by atoms with Crippen molar-refractivity contribution in [3.63, 3.8) is 0 Å². The maximum absolute atomic E-state index is 14.0. The molecule has 10 heteroatoms. The maximum Gasteiger partial charge on any atom is 0.272 e. The summed E-state index contributed by atoms with van der Waals surface area (Å²) in [6, 6.07) is 31.2. The molecule has 5 aromatic rings. The second kappa shape index (κ2) is 15.6. The van der Waals surface area contributed by atoms with Crippen molar-refractivity contribution in [3.05, 3.63) is 148 Å². The van der Waals surface area contributed by atoms with Crippen molar-refractivity contribution in [3.8, 4) is 6.07 Å². The monoisotopic (exact) mass is 683 g/mol. The molecule has 0 radical (unpaired) electrons. The fourth-order valence-electron chi connectivity index (χ4n) is 5.59. The van der Waals surface area contributed by atoms with Crippen molar-refractivity contribution in [1.82, 2.24) is 10.3 Å². The molecule has 244 valence electrons. The Morgan fingerprint density at radius 2 is 1.76 bits per heavy atom. The highest BCUT2D eigenvalue weighted by Crippen LogP contribution is 2.42. The van der Waals surface area contributed by atoms with E-state index in [1.54, 1.807) is 73.1 Å². The summed E-state index contributed by atoms with van der Waals surface area (Å²) in [5.41, 5.74) is 4.01. The van der Waals surface area contributed by atoms with Gasteiger partial charge in [0.05, 0.1) is 5.56 Å². The van der Waals surface area contributed by atoms with Crippen LogP contribution in [-0.2, 0) is 22.4 Å². The molecular formula is C39H33N5O3S2. The lowest BCUT2D eigenvalue weighted by atomic mass is 9.88. The smallest absolute Gasteiger partial charge is 0.272 e. The summed E-state index contributed by atoms with van der Waals surface area (Å²) in [5, 5.41) is 18.7. The Balaban J connectivity index is 1.23. The van der Waals surface area contributed by atoms with E-state index in [9.17, 15) is 19.6 Å². The number of carbonyl (C=O) groups is 3. The largest absolute Gasteiger partial charge is 0.321 e. The number of fused-ring (bicyclic) bond motifs is 1. The molecule has 2 atom stereocenters. The summed E-state index contributed by atoms with van der Waals surface area (Å²) >= 11 is 2.85. The number of thioether (sulfide) groups is 1. The molecule has 2 heterocycles. The average molecular weight is 684 g/mol. The number of anilines is 2. The van der Waals surface area contributed by atoms with Crippen molar-refractivity contribution in [2.75, 3.05) is 10.6 Å². The molecule has 0 aliphatic heterocycles. The number of pyridine rings is 1. The first-order valence-corrected chi connectivity index (χ1v) is 17.5. The van der Waals surface area contributed by atoms with E-state index in [0.29, 0.717) is 33.3 Å². The third kappa shape index (κ3) is 8.33. The van der Waals surface area contributed by atoms with Gasteiger partial charge < -0.3 is 16.0 Å². The Hall–Kier alpha value is -5.50. The van der Waals surface area contributed by atoms with Crippen LogP contribution in [0.25, 0.3) is 6.08 Å². The second-order valence-electron chi connectivity index (χ2n) is 11.7. The first kappa shape index (κ1) is 33.4. The molecule has 8 nitrogen and oxygen atoms in total. The number of benzene rings is 3. The van der Waals surface area contributed by atoms with Gasteiger partial charge in [0, 0.05) is 33.4 Å². The molecule has 1 aliphatic carbocycles. The normalized spacial score (nSPS) is 14.5. The highest BCUT2D eigenvalue weighted by molar-refractivity contribution is 8.00. The Morgan fingerprint density at radius 3 is 2.49 bits per heavy atom. The molecule has 0 saturated heterocycles. The summed E-state index contributed by atoms with van der Waals surface area (Å²) in [5.74, 6) is -0.636. The SMILES string of the molecule is CC1CCc2c(sc(NC(=O)C(Sc3cccc(NC(=O)/C(=C/c4cccnc4)NC(=O)c4ccccc4)c3)c3ccccc3)c2C#N)C1. The molecule has 2 unspecified atom stereocenters. The lowest BCUT2D eigenvalue weighted by molar-refractivity contribution is -0.116. The molecule has 2 aromatic heterocycles. The van der Waals surface area contributed by atoms with Crippen LogP contribution >= 0.6 is 23.1 Å². The van der Waals surface area contributed by atoms with Crippen LogP contribution in [0.2, 0.25) is 0 Å². The summed E-state index contributed by atoms with van der Waals surface area (Å²) in [6.07, 6.45) is 7.57. The molecule has 6 rings (SSSR count). The van der Waals surface area contributed by atoms with Crippen molar-refractivity contribution in [2.45, 2.75) is 36.3 Å². The predicted octanol–water partition coefficient (Wildman–Crippen LogP) is 8.02. The predicted molar refractivity (Wildman–Crippen MR) is 195 cm³/mol. The van der Waals surface area contributed by atoms with Gasteiger partial charge in [0.25, 0.3) is 11.8 Å². The summed E-state index contributed by atoms with van der Waals surface area (Å²) in [4.78, 5) is 46.6. The fourth-order valence-corrected chi connectivity index (χ4v) is 8.04. The number of thiophene rings is 1. The van der Waals surface area contributed by atoms with E-state index >= 15 is 0 Å². The molecular weight excluding hydrogens is 651 g/mol. The second-order valence-corrected chi connectivity index (χ2v) is 14.0. The molecule has 0 spiro atoms. The van der Waals surface area contributed by atoms with Crippen LogP contribution in [0.15, 0.2) is 120 Å². The summed E-state index contributed by atoms with van der Waals surface area (Å²) in [7, 11) is 0. The number of hydrogen-bond donors (Lipinski definition) is 3. The van der Waals surface area contributed by atoms with Gasteiger partial charge in [-0.1, -0.05) is 67.6 Å². The van der Waals surface area contributed by atoms with Gasteiger partial charge in [0.1, 0.15) is 22.0 Å². The Morgan fingerprint density at radius 1 is 0.980 bits per heavy atom. The zero-order valence-electron chi connectivity index (χ0n) is 26.7. The number of aromatic nitrogens is 1. The standard InChI is InChI=1S/C39H33N5O3S2/c1-25-17-18-31-32(23-40)39(49-34(31)20-25)44-38(47)35(27-11-4-2-5-12-27)48-30-16-8-15-29(22-30)42-37(46)33(21-26-10-9-19-41-24-26)43-36(45)28-13-6-3-7-14-28/h2-16,19,21-22,24-25,35H,17-18,20H2,1H3,(H,42,46)(H,43,45)(H,44,47)/b33-21-. The average Bonchev–Trinajstić information content (AvgIpc) is 3.47. The first-order valence-electron chi connectivity index (χ1n) is 15.8. The van der Waals surface area contributed by atoms with Crippen LogP contribution in [0, 0.1) is 17.2 Å². The zero-order chi connectivity index (χ0) is 34.2. The highest BCUT2D eigenvalue weighted by atomic mass is 32.2. The van der Waals surface area contributed by atoms with E-state index in [-0.39, 0.29) is 11.6 Å². The van der Waals surface area contributed by atoms with Crippen LogP contribution < -0.4 is 16.0 Å². The van der Waals surface area contributed by atoms with Crippen molar-refractivity contribution < 1.29 is 14.4 Å². The van der Waals surface area contributed by atoms with Gasteiger partial charge in [0.2, 0.25) is 5.91 Å². The van der Waals surface area contributed by atoms with E-state index in [4.69, 9.17) is 0 Å². The quantitative estimate of drug-likeness (QED) is 0.101. The fraction of sp³-hybridized carbons (Fsp3) is 0.154. The Labute approximate surface area is 293 Å². The van der Waals surface area contributed by atoms with Crippen molar-refractivity contribution >= 4 is 57.6 Å². The number of rotatable bonds is 10. The van der Waals surface area contributed by atoms with E-state index in [2.05, 4.69) is 33.9 Å². The van der Waals surface area contributed by atoms with Crippen LogP contribution in [0.1, 0.15) is 56.1 Å². The molecule has 0 fully saturated rings. The van der Waals surface area contributed by atoms with E-state index in [1.807, 2.05) is 42.5 Å². The number of amides is 3. The number of nitrogens with one attached hydrogen (secondary N) is 3. The van der Waals surface area contributed by atoms with Crippen molar-refractivity contribution in [2.24, 2.45) is 5.92 Å². The van der Waals surface area contributed by atoms with Gasteiger partial charge in [-0.05, 0) is 84.3 Å². The molecule has 0 saturated carbocycles. The molecule has 1 aliphatic rings. The lowest BCUT2D eigenvalue weighted by Gasteiger charge is -2.18. The Kier molecular flexibility index (Phi) is 10.6. The van der Waals surface area contributed by atoms with Gasteiger partial charge in [-0.3, -0.25) is 19.4 Å². The topological polar surface area (TPSA) is 124 Å². The molecule has 0 bridgehead atoms. The van der Waals surface area contributed by atoms with Crippen LogP contribution in [0.3, 0.4) is 0 Å². The third-order valence-electron chi connectivity index (χ3n) is 8.07. The van der Waals surface area contributed by atoms with E-state index in [1.165, 1.54) is 28.0 Å². The minimum Gasteiger partial charge on any atom is -0.321 e. The van der Waals surface area contributed by atoms with E-state index in [0.717, 1.165) is 35.3 Å². The summed E-state index contributed by atoms with van der Waals surface area (Å²) < 4.78 is 0. The van der Waals surface area contributed by atoms with E-state index < -0.39 is 17.1 Å². The highest BCUT2D eigenvalue weighted by Gasteiger charge is 2.28. The van der Waals surface area contributed by atoms with Gasteiger partial charge in [-0.25, -0.2) is 0 Å². The number of hydrogen-bond acceptors (Lipinski definition) is 7. The van der Waals surface area contributed by atoms with Crippen molar-refractivity contribution in [1.29, 1.82) is 5.26 Å². The molecule has 49 heavy (non-hydrogen) atoms. The van der Waals surface area contributed by atoms with Gasteiger partial charge in [-0.15, -0.1) is 23.1 Å². The third-order valence-corrected chi connectivity index (χ3v) is 10.5. The zero-order valence-corrected chi connectivity index (χ0v) is 28.3. The van der Waals surface area contributed by atoms with Crippen LogP contribution in [-0.4, -0.2) is 22.7 Å². The molecule has 3 N–H and O–H groups in total.